The summed E-state index contributed by atoms with van der Waals surface area (Å²) in [6, 6.07) is 3.82. The van der Waals surface area contributed by atoms with Gasteiger partial charge in [0.2, 0.25) is 5.75 Å². The molecule has 5 nitrogen and oxygen atoms in total. The van der Waals surface area contributed by atoms with Crippen molar-refractivity contribution in [1.82, 2.24) is 4.98 Å². The molecule has 0 saturated heterocycles. The van der Waals surface area contributed by atoms with Gasteiger partial charge in [0, 0.05) is 11.4 Å². The molecule has 0 spiro atoms. The maximum atomic E-state index is 5.57. The number of hydrogen-bond donors (Lipinski definition) is 1. The van der Waals surface area contributed by atoms with E-state index in [9.17, 15) is 0 Å². The summed E-state index contributed by atoms with van der Waals surface area (Å²) in [5, 5.41) is 0.917. The third-order valence-corrected chi connectivity index (χ3v) is 4.66. The quantitative estimate of drug-likeness (QED) is 0.884. The molecule has 0 aliphatic rings. The van der Waals surface area contributed by atoms with Crippen molar-refractivity contribution in [2.75, 3.05) is 21.3 Å². The first-order valence-corrected chi connectivity index (χ1v) is 7.47. The third kappa shape index (κ3) is 3.17. The van der Waals surface area contributed by atoms with Gasteiger partial charge in [-0.2, -0.15) is 0 Å². The first-order chi connectivity index (χ1) is 9.71. The fraction of sp³-hybridized carbons (Fsp3) is 0.308. The van der Waals surface area contributed by atoms with Crippen LogP contribution >= 0.6 is 23.1 Å². The summed E-state index contributed by atoms with van der Waals surface area (Å²) < 4.78 is 17.0. The minimum absolute atomic E-state index is 0.459. The second kappa shape index (κ2) is 6.83. The summed E-state index contributed by atoms with van der Waals surface area (Å²) in [7, 11) is 4.79. The van der Waals surface area contributed by atoms with Crippen molar-refractivity contribution in [3.63, 3.8) is 0 Å². The van der Waals surface area contributed by atoms with Gasteiger partial charge in [0.1, 0.15) is 5.01 Å². The molecule has 0 bridgehead atoms. The molecule has 0 saturated carbocycles. The molecule has 0 amide bonds. The molecule has 1 aromatic carbocycles. The summed E-state index contributed by atoms with van der Waals surface area (Å²) in [6.07, 6.45) is 1.82. The smallest absolute Gasteiger partial charge is 0.203 e. The normalized spacial score (nSPS) is 10.4. The summed E-state index contributed by atoms with van der Waals surface area (Å²) >= 11 is 3.17. The predicted octanol–water partition coefficient (Wildman–Crippen LogP) is 2.78. The van der Waals surface area contributed by atoms with Gasteiger partial charge >= 0.3 is 0 Å². The molecule has 2 aromatic rings. The van der Waals surface area contributed by atoms with Crippen LogP contribution in [0.3, 0.4) is 0 Å². The molecule has 0 aliphatic heterocycles. The lowest BCUT2D eigenvalue weighted by Crippen LogP contribution is -1.95. The number of rotatable bonds is 6. The zero-order valence-corrected chi connectivity index (χ0v) is 13.1. The predicted molar refractivity (Wildman–Crippen MR) is 80.2 cm³/mol. The molecule has 0 fully saturated rings. The van der Waals surface area contributed by atoms with E-state index in [1.807, 2.05) is 18.3 Å². The van der Waals surface area contributed by atoms with Gasteiger partial charge in [0.05, 0.1) is 31.7 Å². The molecule has 0 atom stereocenters. The van der Waals surface area contributed by atoms with Crippen molar-refractivity contribution in [3.8, 4) is 17.2 Å². The highest BCUT2D eigenvalue weighted by Crippen LogP contribution is 2.43. The Balaban J connectivity index is 2.31. The van der Waals surface area contributed by atoms with Gasteiger partial charge in [-0.1, -0.05) is 11.8 Å². The Bertz CT molecular complexity index is 562. The topological polar surface area (TPSA) is 66.6 Å². The molecule has 2 rings (SSSR count). The largest absolute Gasteiger partial charge is 0.493 e. The van der Waals surface area contributed by atoms with Crippen LogP contribution in [-0.2, 0) is 6.54 Å². The van der Waals surface area contributed by atoms with Crippen LogP contribution in [-0.4, -0.2) is 26.3 Å². The fourth-order valence-corrected chi connectivity index (χ4v) is 3.61. The van der Waals surface area contributed by atoms with Gasteiger partial charge in [-0.05, 0) is 12.1 Å². The molecule has 0 radical (unpaired) electrons. The molecule has 20 heavy (non-hydrogen) atoms. The molecule has 0 unspecified atom stereocenters. The standard InChI is InChI=1S/C13H16N2O3S2/c1-16-9-4-8(5-10(17-2)13(9)18-3)19-12-7-15-11(6-14)20-12/h4-5,7H,6,14H2,1-3H3. The first-order valence-electron chi connectivity index (χ1n) is 5.84. The van der Waals surface area contributed by atoms with Crippen LogP contribution in [0.2, 0.25) is 0 Å². The zero-order chi connectivity index (χ0) is 14.5. The van der Waals surface area contributed by atoms with Crippen molar-refractivity contribution in [2.24, 2.45) is 5.73 Å². The summed E-state index contributed by atoms with van der Waals surface area (Å²) in [6.45, 7) is 0.459. The van der Waals surface area contributed by atoms with Gasteiger partial charge in [-0.15, -0.1) is 11.3 Å². The minimum Gasteiger partial charge on any atom is -0.493 e. The van der Waals surface area contributed by atoms with E-state index in [1.54, 1.807) is 44.4 Å². The number of aromatic nitrogens is 1. The van der Waals surface area contributed by atoms with E-state index in [0.717, 1.165) is 14.1 Å². The van der Waals surface area contributed by atoms with Gasteiger partial charge in [0.15, 0.2) is 11.5 Å². The van der Waals surface area contributed by atoms with Crippen LogP contribution in [0.5, 0.6) is 17.2 Å². The van der Waals surface area contributed by atoms with E-state index in [4.69, 9.17) is 19.9 Å². The summed E-state index contributed by atoms with van der Waals surface area (Å²) in [5.41, 5.74) is 5.57. The Labute approximate surface area is 126 Å². The highest BCUT2D eigenvalue weighted by molar-refractivity contribution is 8.01. The second-order valence-electron chi connectivity index (χ2n) is 3.74. The molecule has 2 N–H and O–H groups in total. The highest BCUT2D eigenvalue weighted by Gasteiger charge is 2.14. The fourth-order valence-electron chi connectivity index (χ4n) is 1.67. The van der Waals surface area contributed by atoms with Crippen molar-refractivity contribution >= 4 is 23.1 Å². The van der Waals surface area contributed by atoms with E-state index in [2.05, 4.69) is 4.98 Å². The average Bonchev–Trinajstić information content (AvgIpc) is 2.93. The van der Waals surface area contributed by atoms with E-state index < -0.39 is 0 Å². The van der Waals surface area contributed by atoms with E-state index in [-0.39, 0.29) is 0 Å². The van der Waals surface area contributed by atoms with Crippen molar-refractivity contribution in [3.05, 3.63) is 23.3 Å². The molecular formula is C13H16N2O3S2. The maximum absolute atomic E-state index is 5.57. The van der Waals surface area contributed by atoms with Crippen molar-refractivity contribution in [1.29, 1.82) is 0 Å². The van der Waals surface area contributed by atoms with Gasteiger partial charge in [0.25, 0.3) is 0 Å². The number of nitrogens with zero attached hydrogens (tertiary/aromatic N) is 1. The molecule has 108 valence electrons. The minimum atomic E-state index is 0.459. The lowest BCUT2D eigenvalue weighted by molar-refractivity contribution is 0.323. The van der Waals surface area contributed by atoms with Crippen molar-refractivity contribution in [2.45, 2.75) is 15.6 Å². The van der Waals surface area contributed by atoms with Crippen LogP contribution in [0.15, 0.2) is 27.4 Å². The van der Waals surface area contributed by atoms with Crippen LogP contribution in [0.25, 0.3) is 0 Å². The number of benzene rings is 1. The zero-order valence-electron chi connectivity index (χ0n) is 11.5. The Morgan fingerprint density at radius 3 is 2.25 bits per heavy atom. The first kappa shape index (κ1) is 15.0. The Morgan fingerprint density at radius 2 is 1.80 bits per heavy atom. The lowest BCUT2D eigenvalue weighted by atomic mass is 10.3. The third-order valence-electron chi connectivity index (χ3n) is 2.56. The molecule has 1 aromatic heterocycles. The van der Waals surface area contributed by atoms with Gasteiger partial charge in [-0.3, -0.25) is 0 Å². The molecule has 0 aliphatic carbocycles. The van der Waals surface area contributed by atoms with E-state index >= 15 is 0 Å². The molecule has 7 heteroatoms. The van der Waals surface area contributed by atoms with E-state index in [1.165, 1.54) is 0 Å². The number of nitrogens with two attached hydrogens (primary N) is 1. The molecule has 1 heterocycles. The number of thiazole rings is 1. The number of methoxy groups -OCH3 is 3. The highest BCUT2D eigenvalue weighted by atomic mass is 32.2. The Kier molecular flexibility index (Phi) is 5.11. The van der Waals surface area contributed by atoms with Crippen LogP contribution in [0.1, 0.15) is 5.01 Å². The number of hydrogen-bond acceptors (Lipinski definition) is 7. The van der Waals surface area contributed by atoms with E-state index in [0.29, 0.717) is 23.8 Å². The Morgan fingerprint density at radius 1 is 1.15 bits per heavy atom. The second-order valence-corrected chi connectivity index (χ2v) is 6.23. The monoisotopic (exact) mass is 312 g/mol. The summed E-state index contributed by atoms with van der Waals surface area (Å²) in [4.78, 5) is 5.23. The molecular weight excluding hydrogens is 296 g/mol. The lowest BCUT2D eigenvalue weighted by Gasteiger charge is -2.13. The average molecular weight is 312 g/mol. The number of ether oxygens (including phenoxy) is 3. The van der Waals surface area contributed by atoms with Crippen molar-refractivity contribution < 1.29 is 14.2 Å². The van der Waals surface area contributed by atoms with Crippen LogP contribution < -0.4 is 19.9 Å². The Hall–Kier alpha value is -1.44. The SMILES string of the molecule is COc1cc(Sc2cnc(CN)s2)cc(OC)c1OC. The van der Waals surface area contributed by atoms with Crippen LogP contribution in [0.4, 0.5) is 0 Å². The van der Waals surface area contributed by atoms with Gasteiger partial charge in [-0.25, -0.2) is 4.98 Å². The maximum Gasteiger partial charge on any atom is 0.203 e. The van der Waals surface area contributed by atoms with Crippen LogP contribution in [0, 0.1) is 0 Å². The summed E-state index contributed by atoms with van der Waals surface area (Å²) in [5.74, 6) is 1.86. The van der Waals surface area contributed by atoms with Gasteiger partial charge < -0.3 is 19.9 Å².